The van der Waals surface area contributed by atoms with Gasteiger partial charge in [0.25, 0.3) is 11.6 Å². The summed E-state index contributed by atoms with van der Waals surface area (Å²) in [4.78, 5) is 13.5. The zero-order valence-electron chi connectivity index (χ0n) is 8.18. The van der Waals surface area contributed by atoms with Crippen molar-refractivity contribution < 1.29 is 13.8 Å². The van der Waals surface area contributed by atoms with Crippen LogP contribution in [0.15, 0.2) is 22.7 Å². The minimum Gasteiger partial charge on any atom is -0.334 e. The Bertz CT molecular complexity index is 553. The molecule has 16 heavy (non-hydrogen) atoms. The van der Waals surface area contributed by atoms with E-state index in [2.05, 4.69) is 10.1 Å². The quantitative estimate of drug-likeness (QED) is 0.575. The van der Waals surface area contributed by atoms with Crippen molar-refractivity contribution in [2.24, 2.45) is 0 Å². The molecule has 0 unspecified atom stereocenters. The van der Waals surface area contributed by atoms with Gasteiger partial charge in [0.05, 0.1) is 16.6 Å². The lowest BCUT2D eigenvalue weighted by Gasteiger charge is -1.96. The van der Waals surface area contributed by atoms with Gasteiger partial charge in [0.2, 0.25) is 0 Å². The molecule has 0 radical (unpaired) electrons. The number of nitro benzene ring substituents is 1. The number of nitro groups is 1. The summed E-state index contributed by atoms with van der Waals surface area (Å²) in [7, 11) is 0. The molecule has 7 heteroatoms. The first-order chi connectivity index (χ1) is 7.58. The second-order valence-corrected chi connectivity index (χ2v) is 3.07. The Morgan fingerprint density at radius 2 is 2.25 bits per heavy atom. The molecule has 0 saturated heterocycles. The molecule has 1 aromatic heterocycles. The lowest BCUT2D eigenvalue weighted by atomic mass is 10.2. The van der Waals surface area contributed by atoms with E-state index in [9.17, 15) is 14.5 Å². The van der Waals surface area contributed by atoms with E-state index in [4.69, 9.17) is 4.52 Å². The third kappa shape index (κ3) is 1.74. The molecule has 0 fully saturated rings. The maximum atomic E-state index is 13.5. The fourth-order valence-corrected chi connectivity index (χ4v) is 1.20. The van der Waals surface area contributed by atoms with Gasteiger partial charge in [0, 0.05) is 6.07 Å². The highest BCUT2D eigenvalue weighted by Crippen LogP contribution is 2.24. The topological polar surface area (TPSA) is 82.1 Å². The summed E-state index contributed by atoms with van der Waals surface area (Å²) in [6.45, 7) is 1.59. The second kappa shape index (κ2) is 3.69. The summed E-state index contributed by atoms with van der Waals surface area (Å²) in [5.41, 5.74) is -0.274. The zero-order valence-corrected chi connectivity index (χ0v) is 8.18. The van der Waals surface area contributed by atoms with Crippen LogP contribution >= 0.6 is 0 Å². The summed E-state index contributed by atoms with van der Waals surface area (Å²) in [6.07, 6.45) is 0. The Morgan fingerprint density at radius 3 is 2.75 bits per heavy atom. The number of nitrogens with zero attached hydrogens (tertiary/aromatic N) is 3. The van der Waals surface area contributed by atoms with Gasteiger partial charge in [0.1, 0.15) is 5.82 Å². The molecule has 0 amide bonds. The van der Waals surface area contributed by atoms with Crippen molar-refractivity contribution in [3.05, 3.63) is 40.0 Å². The molecule has 0 spiro atoms. The SMILES string of the molecule is Cc1noc(-c2ccc([N+](=O)[O-])cc2F)n1. The van der Waals surface area contributed by atoms with E-state index in [1.165, 1.54) is 12.1 Å². The zero-order chi connectivity index (χ0) is 11.7. The van der Waals surface area contributed by atoms with Crippen LogP contribution in [0.3, 0.4) is 0 Å². The maximum Gasteiger partial charge on any atom is 0.272 e. The fraction of sp³-hybridized carbons (Fsp3) is 0.111. The Morgan fingerprint density at radius 1 is 1.50 bits per heavy atom. The molecule has 0 bridgehead atoms. The Hall–Kier alpha value is -2.31. The third-order valence-corrected chi connectivity index (χ3v) is 1.92. The minimum atomic E-state index is -0.766. The van der Waals surface area contributed by atoms with Crippen LogP contribution in [0.25, 0.3) is 11.5 Å². The van der Waals surface area contributed by atoms with Crippen LogP contribution in [0, 0.1) is 22.9 Å². The van der Waals surface area contributed by atoms with Crippen molar-refractivity contribution >= 4 is 5.69 Å². The average molecular weight is 223 g/mol. The van der Waals surface area contributed by atoms with Crippen LogP contribution in [0.2, 0.25) is 0 Å². The summed E-state index contributed by atoms with van der Waals surface area (Å²) < 4.78 is 18.2. The number of aromatic nitrogens is 2. The van der Waals surface area contributed by atoms with Crippen molar-refractivity contribution in [3.8, 4) is 11.5 Å². The molecule has 0 aliphatic rings. The van der Waals surface area contributed by atoms with Gasteiger partial charge in [0.15, 0.2) is 5.82 Å². The maximum absolute atomic E-state index is 13.5. The van der Waals surface area contributed by atoms with Crippen molar-refractivity contribution in [3.63, 3.8) is 0 Å². The first-order valence-electron chi connectivity index (χ1n) is 4.32. The number of non-ortho nitro benzene ring substituents is 1. The minimum absolute atomic E-state index is 0.00454. The molecule has 2 rings (SSSR count). The van der Waals surface area contributed by atoms with E-state index >= 15 is 0 Å². The number of hydrogen-bond acceptors (Lipinski definition) is 5. The molecule has 6 nitrogen and oxygen atoms in total. The van der Waals surface area contributed by atoms with Crippen LogP contribution in [0.5, 0.6) is 0 Å². The molecule has 1 aromatic carbocycles. The Balaban J connectivity index is 2.47. The molecular weight excluding hydrogens is 217 g/mol. The highest BCUT2D eigenvalue weighted by molar-refractivity contribution is 5.56. The third-order valence-electron chi connectivity index (χ3n) is 1.92. The molecule has 0 N–H and O–H groups in total. The summed E-state index contributed by atoms with van der Waals surface area (Å²) in [6, 6.07) is 3.23. The van der Waals surface area contributed by atoms with E-state index < -0.39 is 10.7 Å². The van der Waals surface area contributed by atoms with Gasteiger partial charge < -0.3 is 4.52 Å². The van der Waals surface area contributed by atoms with E-state index in [1.54, 1.807) is 6.92 Å². The van der Waals surface area contributed by atoms with Crippen LogP contribution < -0.4 is 0 Å². The molecule has 0 aliphatic heterocycles. The van der Waals surface area contributed by atoms with Gasteiger partial charge in [-0.15, -0.1) is 0 Å². The van der Waals surface area contributed by atoms with Crippen molar-refractivity contribution in [2.75, 3.05) is 0 Å². The largest absolute Gasteiger partial charge is 0.334 e. The number of benzene rings is 1. The summed E-state index contributed by atoms with van der Waals surface area (Å²) in [5.74, 6) is -0.393. The number of rotatable bonds is 2. The monoisotopic (exact) mass is 223 g/mol. The molecule has 0 saturated carbocycles. The van der Waals surface area contributed by atoms with Gasteiger partial charge in [-0.25, -0.2) is 4.39 Å². The molecule has 82 valence electrons. The first kappa shape index (κ1) is 10.2. The highest BCUT2D eigenvalue weighted by Gasteiger charge is 2.15. The highest BCUT2D eigenvalue weighted by atomic mass is 19.1. The average Bonchev–Trinajstić information content (AvgIpc) is 2.64. The summed E-state index contributed by atoms with van der Waals surface area (Å²) in [5, 5.41) is 13.9. The molecule has 0 aliphatic carbocycles. The van der Waals surface area contributed by atoms with Crippen LogP contribution in [-0.4, -0.2) is 15.1 Å². The van der Waals surface area contributed by atoms with Crippen LogP contribution in [0.1, 0.15) is 5.82 Å². The van der Waals surface area contributed by atoms with Crippen molar-refractivity contribution in [1.82, 2.24) is 10.1 Å². The van der Waals surface area contributed by atoms with Gasteiger partial charge in [-0.1, -0.05) is 5.16 Å². The predicted molar refractivity (Wildman–Crippen MR) is 51.1 cm³/mol. The van der Waals surface area contributed by atoms with Gasteiger partial charge in [-0.2, -0.15) is 4.98 Å². The normalized spacial score (nSPS) is 10.4. The van der Waals surface area contributed by atoms with E-state index in [0.717, 1.165) is 6.07 Å². The standard InChI is InChI=1S/C9H6FN3O3/c1-5-11-9(16-12-5)7-3-2-6(13(14)15)4-8(7)10/h2-4H,1H3. The van der Waals surface area contributed by atoms with Crippen molar-refractivity contribution in [1.29, 1.82) is 0 Å². The van der Waals surface area contributed by atoms with Crippen LogP contribution in [-0.2, 0) is 0 Å². The molecule has 2 aromatic rings. The summed E-state index contributed by atoms with van der Waals surface area (Å²) >= 11 is 0. The Labute approximate surface area is 88.9 Å². The number of hydrogen-bond donors (Lipinski definition) is 0. The Kier molecular flexibility index (Phi) is 2.35. The van der Waals surface area contributed by atoms with Gasteiger partial charge in [-0.3, -0.25) is 10.1 Å². The molecular formula is C9H6FN3O3. The van der Waals surface area contributed by atoms with Gasteiger partial charge >= 0.3 is 0 Å². The van der Waals surface area contributed by atoms with E-state index in [0.29, 0.717) is 5.82 Å². The van der Waals surface area contributed by atoms with Crippen LogP contribution in [0.4, 0.5) is 10.1 Å². The molecule has 0 atom stereocenters. The number of aryl methyl sites for hydroxylation is 1. The predicted octanol–water partition coefficient (Wildman–Crippen LogP) is 2.09. The smallest absolute Gasteiger partial charge is 0.272 e. The number of halogens is 1. The van der Waals surface area contributed by atoms with E-state index in [1.807, 2.05) is 0 Å². The molecule has 1 heterocycles. The van der Waals surface area contributed by atoms with Gasteiger partial charge in [-0.05, 0) is 13.0 Å². The lowest BCUT2D eigenvalue weighted by Crippen LogP contribution is -1.91. The first-order valence-corrected chi connectivity index (χ1v) is 4.32. The van der Waals surface area contributed by atoms with Crippen molar-refractivity contribution in [2.45, 2.75) is 6.92 Å². The fourth-order valence-electron chi connectivity index (χ4n) is 1.20. The second-order valence-electron chi connectivity index (χ2n) is 3.07. The lowest BCUT2D eigenvalue weighted by molar-refractivity contribution is -0.385. The van der Waals surface area contributed by atoms with E-state index in [-0.39, 0.29) is 17.1 Å².